The van der Waals surface area contributed by atoms with Gasteiger partial charge in [0.2, 0.25) is 5.91 Å². The molecule has 11 heteroatoms. The molecule has 0 radical (unpaired) electrons. The van der Waals surface area contributed by atoms with Crippen LogP contribution in [-0.2, 0) is 34.8 Å². The van der Waals surface area contributed by atoms with Crippen LogP contribution in [0.15, 0.2) is 48.7 Å². The zero-order valence-corrected chi connectivity index (χ0v) is 21.6. The summed E-state index contributed by atoms with van der Waals surface area (Å²) >= 11 is 0. The molecule has 1 amide bonds. The average Bonchev–Trinajstić information content (AvgIpc) is 3.34. The monoisotopic (exact) mass is 565 g/mol. The van der Waals surface area contributed by atoms with E-state index < -0.39 is 40.7 Å². The van der Waals surface area contributed by atoms with Gasteiger partial charge in [0.1, 0.15) is 0 Å². The van der Waals surface area contributed by atoms with Crippen molar-refractivity contribution in [1.29, 1.82) is 0 Å². The van der Waals surface area contributed by atoms with Crippen LogP contribution in [0.4, 0.5) is 26.3 Å². The van der Waals surface area contributed by atoms with Crippen LogP contribution in [0.3, 0.4) is 0 Å². The van der Waals surface area contributed by atoms with Gasteiger partial charge in [0.15, 0.2) is 5.78 Å². The fourth-order valence-corrected chi connectivity index (χ4v) is 5.85. The Morgan fingerprint density at radius 3 is 2.12 bits per heavy atom. The molecule has 0 spiro atoms. The van der Waals surface area contributed by atoms with Gasteiger partial charge < -0.3 is 15.2 Å². The van der Waals surface area contributed by atoms with Gasteiger partial charge >= 0.3 is 12.4 Å². The van der Waals surface area contributed by atoms with Gasteiger partial charge in [-0.1, -0.05) is 18.2 Å². The van der Waals surface area contributed by atoms with Gasteiger partial charge in [-0.2, -0.15) is 26.3 Å². The smallest absolute Gasteiger partial charge is 0.361 e. The minimum Gasteiger partial charge on any atom is -0.361 e. The van der Waals surface area contributed by atoms with Crippen LogP contribution in [-0.4, -0.2) is 47.3 Å². The molecule has 214 valence electrons. The number of Topliss-reactive ketones (excluding diaryl/α,β-unsaturated/α-hetero) is 1. The number of hydrogen-bond donors (Lipinski definition) is 2. The molecule has 1 unspecified atom stereocenters. The summed E-state index contributed by atoms with van der Waals surface area (Å²) in [6.07, 6.45) is -6.67. The molecule has 6 rings (SSSR count). The molecule has 5 nitrogen and oxygen atoms in total. The number of benzene rings is 2. The van der Waals surface area contributed by atoms with Crippen LogP contribution < -0.4 is 5.32 Å². The molecule has 1 atom stereocenters. The zero-order valence-electron chi connectivity index (χ0n) is 21.6. The highest BCUT2D eigenvalue weighted by Crippen LogP contribution is 2.40. The van der Waals surface area contributed by atoms with E-state index in [1.54, 1.807) is 6.20 Å². The molecule has 3 saturated heterocycles. The van der Waals surface area contributed by atoms with Gasteiger partial charge in [-0.05, 0) is 80.7 Å². The Hall–Kier alpha value is -3.34. The number of aromatic amines is 1. The van der Waals surface area contributed by atoms with Crippen molar-refractivity contribution in [2.45, 2.75) is 56.9 Å². The second-order valence-corrected chi connectivity index (χ2v) is 10.8. The Bertz CT molecular complexity index is 1360. The van der Waals surface area contributed by atoms with E-state index in [0.717, 1.165) is 36.1 Å². The highest BCUT2D eigenvalue weighted by Gasteiger charge is 2.46. The van der Waals surface area contributed by atoms with Gasteiger partial charge in [-0.25, -0.2) is 0 Å². The number of alkyl halides is 6. The van der Waals surface area contributed by atoms with E-state index in [4.69, 9.17) is 0 Å². The predicted molar refractivity (Wildman–Crippen MR) is 136 cm³/mol. The van der Waals surface area contributed by atoms with Crippen LogP contribution in [0.2, 0.25) is 0 Å². The molecule has 2 N–H and O–H groups in total. The maximum absolute atomic E-state index is 13.5. The normalized spacial score (nSPS) is 21.9. The maximum Gasteiger partial charge on any atom is 0.416 e. The Morgan fingerprint density at radius 1 is 0.925 bits per heavy atom. The summed E-state index contributed by atoms with van der Waals surface area (Å²) < 4.78 is 79.8. The average molecular weight is 566 g/mol. The summed E-state index contributed by atoms with van der Waals surface area (Å²) in [7, 11) is 0. The summed E-state index contributed by atoms with van der Waals surface area (Å²) in [5.74, 6) is -0.669. The van der Waals surface area contributed by atoms with Crippen molar-refractivity contribution in [1.82, 2.24) is 15.2 Å². The first-order valence-corrected chi connectivity index (χ1v) is 13.2. The fourth-order valence-electron chi connectivity index (χ4n) is 5.85. The Labute approximate surface area is 226 Å². The molecule has 0 saturated carbocycles. The number of aryl methyl sites for hydroxylation is 1. The van der Waals surface area contributed by atoms with Crippen molar-refractivity contribution in [3.63, 3.8) is 0 Å². The quantitative estimate of drug-likeness (QED) is 0.334. The number of nitrogens with zero attached hydrogens (tertiary/aromatic N) is 1. The number of amides is 1. The molecule has 2 aromatic carbocycles. The Kier molecular flexibility index (Phi) is 7.45. The lowest BCUT2D eigenvalue weighted by atomic mass is 9.71. The van der Waals surface area contributed by atoms with Gasteiger partial charge in [0.05, 0.1) is 22.6 Å². The number of halogens is 6. The molecule has 3 aliphatic heterocycles. The van der Waals surface area contributed by atoms with E-state index in [2.05, 4.69) is 15.2 Å². The molecule has 3 fully saturated rings. The molecule has 2 bridgehead atoms. The fraction of sp³-hybridized carbons (Fsp3) is 0.448. The zero-order chi connectivity index (χ0) is 28.7. The molecule has 1 aromatic heterocycles. The van der Waals surface area contributed by atoms with Crippen molar-refractivity contribution in [2.24, 2.45) is 5.41 Å². The van der Waals surface area contributed by atoms with E-state index in [0.29, 0.717) is 31.4 Å². The minimum absolute atomic E-state index is 0.0696. The minimum atomic E-state index is -4.97. The molecular weight excluding hydrogens is 536 g/mol. The number of carbonyl (C=O) groups excluding carboxylic acids is 2. The lowest BCUT2D eigenvalue weighted by Gasteiger charge is -2.47. The van der Waals surface area contributed by atoms with E-state index >= 15 is 0 Å². The maximum atomic E-state index is 13.5. The summed E-state index contributed by atoms with van der Waals surface area (Å²) in [5, 5.41) is 3.80. The van der Waals surface area contributed by atoms with Gasteiger partial charge in [0, 0.05) is 29.9 Å². The first-order valence-electron chi connectivity index (χ1n) is 13.2. The van der Waals surface area contributed by atoms with Crippen LogP contribution in [0.25, 0.3) is 10.9 Å². The van der Waals surface area contributed by atoms with E-state index in [1.807, 2.05) is 24.3 Å². The SMILES string of the molecule is O=C(CCc1cc(C(F)(F)F)cc(C(F)(F)F)c1)C(Cc1c[nH]c2ccccc12)NC(=O)C12CCN(CC1)CC2. The number of para-hydroxylation sites is 1. The highest BCUT2D eigenvalue weighted by molar-refractivity contribution is 5.92. The number of carbonyl (C=O) groups is 2. The van der Waals surface area contributed by atoms with Crippen LogP contribution in [0.5, 0.6) is 0 Å². The van der Waals surface area contributed by atoms with Crippen LogP contribution >= 0.6 is 0 Å². The topological polar surface area (TPSA) is 65.2 Å². The third kappa shape index (κ3) is 5.89. The Morgan fingerprint density at radius 2 is 1.52 bits per heavy atom. The van der Waals surface area contributed by atoms with Crippen molar-refractivity contribution >= 4 is 22.6 Å². The second kappa shape index (κ2) is 10.6. The molecule has 3 aliphatic rings. The third-order valence-corrected chi connectivity index (χ3v) is 8.30. The van der Waals surface area contributed by atoms with Crippen molar-refractivity contribution in [3.05, 3.63) is 70.9 Å². The summed E-state index contributed by atoms with van der Waals surface area (Å²) in [6, 6.07) is 7.82. The number of nitrogens with one attached hydrogen (secondary N) is 2. The van der Waals surface area contributed by atoms with E-state index in [1.165, 1.54) is 0 Å². The van der Waals surface area contributed by atoms with Gasteiger partial charge in [-0.3, -0.25) is 9.59 Å². The lowest BCUT2D eigenvalue weighted by Crippen LogP contribution is -2.57. The molecule has 0 aliphatic carbocycles. The standard InChI is InChI=1S/C29H29F6N3O2/c30-28(31,32)20-13-18(14-21(16-20)29(33,34)35)5-6-25(39)24(15-19-17-36-23-4-2-1-3-22(19)23)37-26(40)27-7-10-38(11-8-27)12-9-27/h1-4,13-14,16-17,24,36H,5-12,15H2,(H,37,40). The number of aromatic nitrogens is 1. The number of rotatable bonds is 8. The van der Waals surface area contributed by atoms with E-state index in [-0.39, 0.29) is 36.8 Å². The summed E-state index contributed by atoms with van der Waals surface area (Å²) in [6.45, 7) is 2.39. The first-order chi connectivity index (χ1) is 18.8. The number of piperidine rings is 3. The third-order valence-electron chi connectivity index (χ3n) is 8.30. The molecule has 3 aromatic rings. The van der Waals surface area contributed by atoms with Crippen molar-refractivity contribution in [3.8, 4) is 0 Å². The Balaban J connectivity index is 1.38. The second-order valence-electron chi connectivity index (χ2n) is 10.8. The number of H-pyrrole nitrogens is 1. The number of hydrogen-bond acceptors (Lipinski definition) is 3. The number of ketones is 1. The van der Waals surface area contributed by atoms with Crippen LogP contribution in [0, 0.1) is 5.41 Å². The lowest BCUT2D eigenvalue weighted by molar-refractivity contribution is -0.143. The predicted octanol–water partition coefficient (Wildman–Crippen LogP) is 5.92. The van der Waals surface area contributed by atoms with Gasteiger partial charge in [-0.15, -0.1) is 0 Å². The van der Waals surface area contributed by atoms with Crippen molar-refractivity contribution in [2.75, 3.05) is 19.6 Å². The largest absolute Gasteiger partial charge is 0.416 e. The molecule has 40 heavy (non-hydrogen) atoms. The molecule has 4 heterocycles. The highest BCUT2D eigenvalue weighted by atomic mass is 19.4. The summed E-state index contributed by atoms with van der Waals surface area (Å²) in [5.41, 5.74) is -2.03. The van der Waals surface area contributed by atoms with Crippen molar-refractivity contribution < 1.29 is 35.9 Å². The number of fused-ring (bicyclic) bond motifs is 4. The van der Waals surface area contributed by atoms with E-state index in [9.17, 15) is 35.9 Å². The van der Waals surface area contributed by atoms with Gasteiger partial charge in [0.25, 0.3) is 0 Å². The first kappa shape index (κ1) is 28.2. The van der Waals surface area contributed by atoms with Crippen LogP contribution in [0.1, 0.15) is 47.9 Å². The summed E-state index contributed by atoms with van der Waals surface area (Å²) in [4.78, 5) is 32.4. The molecular formula is C29H29F6N3O2.